The van der Waals surface area contributed by atoms with Gasteiger partial charge in [0.25, 0.3) is 0 Å². The molecule has 0 saturated carbocycles. The Kier molecular flexibility index (Phi) is 4.79. The highest BCUT2D eigenvalue weighted by molar-refractivity contribution is 5.67. The first-order valence-electron chi connectivity index (χ1n) is 7.99. The van der Waals surface area contributed by atoms with Crippen LogP contribution >= 0.6 is 0 Å². The zero-order chi connectivity index (χ0) is 16.9. The van der Waals surface area contributed by atoms with Gasteiger partial charge in [0, 0.05) is 12.1 Å². The van der Waals surface area contributed by atoms with Gasteiger partial charge in [0.1, 0.15) is 6.33 Å². The van der Waals surface area contributed by atoms with Crippen LogP contribution in [0.4, 0.5) is 5.69 Å². The van der Waals surface area contributed by atoms with E-state index in [0.29, 0.717) is 18.8 Å². The van der Waals surface area contributed by atoms with E-state index in [4.69, 9.17) is 9.47 Å². The summed E-state index contributed by atoms with van der Waals surface area (Å²) in [5.74, 6) is 1.49. The molecule has 3 rings (SSSR count). The van der Waals surface area contributed by atoms with Gasteiger partial charge in [-0.1, -0.05) is 19.1 Å². The SMILES string of the molecule is CCOc1c(CNc2cc(CC)nn3cnnc23)cccc1OC. The number of ether oxygens (including phenoxy) is 2. The Bertz CT molecular complexity index is 831. The van der Waals surface area contributed by atoms with Crippen molar-refractivity contribution in [2.45, 2.75) is 26.8 Å². The molecule has 0 radical (unpaired) electrons. The molecule has 7 heteroatoms. The van der Waals surface area contributed by atoms with Gasteiger partial charge in [-0.2, -0.15) is 9.61 Å². The van der Waals surface area contributed by atoms with Crippen molar-refractivity contribution in [2.75, 3.05) is 19.0 Å². The van der Waals surface area contributed by atoms with Crippen LogP contribution in [-0.2, 0) is 13.0 Å². The normalized spacial score (nSPS) is 10.8. The minimum atomic E-state index is 0.580. The maximum absolute atomic E-state index is 5.75. The van der Waals surface area contributed by atoms with E-state index in [1.807, 2.05) is 31.2 Å². The van der Waals surface area contributed by atoms with Gasteiger partial charge in [-0.3, -0.25) is 0 Å². The van der Waals surface area contributed by atoms with E-state index in [9.17, 15) is 0 Å². The summed E-state index contributed by atoms with van der Waals surface area (Å²) >= 11 is 0. The molecule has 0 bridgehead atoms. The number of nitrogens with one attached hydrogen (secondary N) is 1. The van der Waals surface area contributed by atoms with E-state index in [1.54, 1.807) is 18.0 Å². The Labute approximate surface area is 140 Å². The third-order valence-electron chi connectivity index (χ3n) is 3.72. The van der Waals surface area contributed by atoms with Crippen molar-refractivity contribution in [1.29, 1.82) is 0 Å². The number of nitrogens with zero attached hydrogens (tertiary/aromatic N) is 4. The van der Waals surface area contributed by atoms with Gasteiger partial charge in [-0.05, 0) is 25.5 Å². The van der Waals surface area contributed by atoms with Crippen LogP contribution in [0.1, 0.15) is 25.1 Å². The summed E-state index contributed by atoms with van der Waals surface area (Å²) in [6.45, 7) is 5.19. The van der Waals surface area contributed by atoms with Crippen LogP contribution in [0.25, 0.3) is 5.65 Å². The predicted molar refractivity (Wildman–Crippen MR) is 91.6 cm³/mol. The topological polar surface area (TPSA) is 73.6 Å². The fourth-order valence-corrected chi connectivity index (χ4v) is 2.54. The first-order chi connectivity index (χ1) is 11.8. The van der Waals surface area contributed by atoms with E-state index >= 15 is 0 Å². The number of hydrogen-bond acceptors (Lipinski definition) is 6. The molecule has 2 heterocycles. The molecule has 3 aromatic rings. The lowest BCUT2D eigenvalue weighted by Crippen LogP contribution is -2.07. The highest BCUT2D eigenvalue weighted by Crippen LogP contribution is 2.31. The summed E-state index contributed by atoms with van der Waals surface area (Å²) in [4.78, 5) is 0. The number of aryl methyl sites for hydroxylation is 1. The molecule has 126 valence electrons. The van der Waals surface area contributed by atoms with Gasteiger partial charge in [0.2, 0.25) is 5.65 Å². The highest BCUT2D eigenvalue weighted by Gasteiger charge is 2.12. The van der Waals surface area contributed by atoms with Gasteiger partial charge < -0.3 is 14.8 Å². The number of anilines is 1. The summed E-state index contributed by atoms with van der Waals surface area (Å²) < 4.78 is 12.8. The van der Waals surface area contributed by atoms with E-state index < -0.39 is 0 Å². The molecule has 0 aliphatic rings. The lowest BCUT2D eigenvalue weighted by atomic mass is 10.1. The zero-order valence-electron chi connectivity index (χ0n) is 14.1. The lowest BCUT2D eigenvalue weighted by Gasteiger charge is -2.15. The maximum Gasteiger partial charge on any atom is 0.200 e. The second kappa shape index (κ2) is 7.16. The van der Waals surface area contributed by atoms with Crippen LogP contribution < -0.4 is 14.8 Å². The van der Waals surface area contributed by atoms with E-state index in [0.717, 1.165) is 34.9 Å². The van der Waals surface area contributed by atoms with Crippen molar-refractivity contribution in [2.24, 2.45) is 0 Å². The molecule has 0 aliphatic carbocycles. The largest absolute Gasteiger partial charge is 0.493 e. The maximum atomic E-state index is 5.75. The van der Waals surface area contributed by atoms with Crippen molar-refractivity contribution in [3.05, 3.63) is 41.9 Å². The van der Waals surface area contributed by atoms with Crippen molar-refractivity contribution >= 4 is 11.3 Å². The molecule has 0 spiro atoms. The van der Waals surface area contributed by atoms with Gasteiger partial charge in [-0.25, -0.2) is 0 Å². The molecule has 1 aromatic carbocycles. The quantitative estimate of drug-likeness (QED) is 0.719. The molecule has 0 fully saturated rings. The van der Waals surface area contributed by atoms with Crippen molar-refractivity contribution in [3.63, 3.8) is 0 Å². The van der Waals surface area contributed by atoms with Crippen LogP contribution in [0.15, 0.2) is 30.6 Å². The van der Waals surface area contributed by atoms with Gasteiger partial charge in [0.05, 0.1) is 25.1 Å². The first kappa shape index (κ1) is 16.0. The number of aromatic nitrogens is 4. The van der Waals surface area contributed by atoms with Crippen LogP contribution in [0.2, 0.25) is 0 Å². The van der Waals surface area contributed by atoms with Crippen LogP contribution in [0.5, 0.6) is 11.5 Å². The van der Waals surface area contributed by atoms with Gasteiger partial charge in [-0.15, -0.1) is 10.2 Å². The summed E-state index contributed by atoms with van der Waals surface area (Å²) in [5, 5.41) is 15.9. The Hall–Kier alpha value is -2.83. The summed E-state index contributed by atoms with van der Waals surface area (Å²) in [6.07, 6.45) is 2.45. The minimum Gasteiger partial charge on any atom is -0.493 e. The fourth-order valence-electron chi connectivity index (χ4n) is 2.54. The number of para-hydroxylation sites is 1. The Morgan fingerprint density at radius 1 is 1.25 bits per heavy atom. The third kappa shape index (κ3) is 3.10. The van der Waals surface area contributed by atoms with Gasteiger partial charge >= 0.3 is 0 Å². The second-order valence-electron chi connectivity index (χ2n) is 5.24. The third-order valence-corrected chi connectivity index (χ3v) is 3.72. The van der Waals surface area contributed by atoms with Crippen molar-refractivity contribution < 1.29 is 9.47 Å². The molecule has 0 atom stereocenters. The lowest BCUT2D eigenvalue weighted by molar-refractivity contribution is 0.308. The smallest absolute Gasteiger partial charge is 0.200 e. The Balaban J connectivity index is 1.90. The van der Waals surface area contributed by atoms with E-state index in [-0.39, 0.29) is 0 Å². The number of methoxy groups -OCH3 is 1. The molecular weight excluding hydrogens is 306 g/mol. The molecule has 0 saturated heterocycles. The highest BCUT2D eigenvalue weighted by atomic mass is 16.5. The van der Waals surface area contributed by atoms with E-state index in [1.165, 1.54) is 0 Å². The van der Waals surface area contributed by atoms with Crippen LogP contribution in [0.3, 0.4) is 0 Å². The zero-order valence-corrected chi connectivity index (χ0v) is 14.1. The summed E-state index contributed by atoms with van der Waals surface area (Å²) in [7, 11) is 1.64. The molecular formula is C17H21N5O2. The average Bonchev–Trinajstić information content (AvgIpc) is 3.09. The molecule has 0 unspecified atom stereocenters. The summed E-state index contributed by atoms with van der Waals surface area (Å²) in [6, 6.07) is 7.87. The number of benzene rings is 1. The van der Waals surface area contributed by atoms with E-state index in [2.05, 4.69) is 27.5 Å². The van der Waals surface area contributed by atoms with Crippen molar-refractivity contribution in [1.82, 2.24) is 19.8 Å². The number of hydrogen-bond donors (Lipinski definition) is 1. The molecule has 0 amide bonds. The predicted octanol–water partition coefficient (Wildman–Crippen LogP) is 2.71. The number of rotatable bonds is 7. The minimum absolute atomic E-state index is 0.580. The molecule has 7 nitrogen and oxygen atoms in total. The molecule has 2 aromatic heterocycles. The standard InChI is InChI=1S/C17H21N5O2/c1-4-13-9-14(17-20-19-11-22(17)21-13)18-10-12-7-6-8-15(23-3)16(12)24-5-2/h6-9,11,18H,4-5,10H2,1-3H3. The average molecular weight is 327 g/mol. The van der Waals surface area contributed by atoms with Crippen LogP contribution in [0, 0.1) is 0 Å². The Morgan fingerprint density at radius 3 is 2.88 bits per heavy atom. The fraction of sp³-hybridized carbons (Fsp3) is 0.353. The number of fused-ring (bicyclic) bond motifs is 1. The molecule has 24 heavy (non-hydrogen) atoms. The summed E-state index contributed by atoms with van der Waals surface area (Å²) in [5.41, 5.74) is 3.59. The van der Waals surface area contributed by atoms with Crippen molar-refractivity contribution in [3.8, 4) is 11.5 Å². The molecule has 1 N–H and O–H groups in total. The second-order valence-corrected chi connectivity index (χ2v) is 5.24. The van der Waals surface area contributed by atoms with Crippen LogP contribution in [-0.4, -0.2) is 33.5 Å². The molecule has 0 aliphatic heterocycles. The first-order valence-corrected chi connectivity index (χ1v) is 7.99. The Morgan fingerprint density at radius 2 is 2.12 bits per heavy atom. The van der Waals surface area contributed by atoms with Gasteiger partial charge in [0.15, 0.2) is 11.5 Å². The monoisotopic (exact) mass is 327 g/mol.